The summed E-state index contributed by atoms with van der Waals surface area (Å²) in [6.07, 6.45) is 4.11. The van der Waals surface area contributed by atoms with E-state index < -0.39 is 11.5 Å². The molecule has 3 heterocycles. The number of rotatable bonds is 7. The molecule has 2 atom stereocenters. The quantitative estimate of drug-likeness (QED) is 0.576. The Morgan fingerprint density at radius 3 is 2.38 bits per heavy atom. The zero-order valence-corrected chi connectivity index (χ0v) is 21.0. The second-order valence-corrected chi connectivity index (χ2v) is 11.0. The molecule has 34 heavy (non-hydrogen) atoms. The van der Waals surface area contributed by atoms with Gasteiger partial charge in [-0.15, -0.1) is 0 Å². The van der Waals surface area contributed by atoms with Gasteiger partial charge in [-0.1, -0.05) is 59.0 Å². The van der Waals surface area contributed by atoms with Gasteiger partial charge in [-0.3, -0.25) is 9.59 Å². The third-order valence-electron chi connectivity index (χ3n) is 7.80. The Bertz CT molecular complexity index is 1080. The molecule has 0 radical (unpaired) electrons. The molecule has 1 unspecified atom stereocenters. The first-order valence-electron chi connectivity index (χ1n) is 12.2. The summed E-state index contributed by atoms with van der Waals surface area (Å²) in [7, 11) is 2.04. The van der Waals surface area contributed by atoms with Crippen molar-refractivity contribution in [2.24, 2.45) is 5.92 Å². The van der Waals surface area contributed by atoms with Gasteiger partial charge in [-0.25, -0.2) is 0 Å². The fourth-order valence-electron chi connectivity index (χ4n) is 5.50. The molecule has 0 spiro atoms. The van der Waals surface area contributed by atoms with Crippen molar-refractivity contribution >= 4 is 48.3 Å². The molecule has 1 aliphatic carbocycles. The van der Waals surface area contributed by atoms with Gasteiger partial charge in [0.15, 0.2) is 0 Å². The van der Waals surface area contributed by atoms with Crippen LogP contribution in [-0.2, 0) is 21.4 Å². The third kappa shape index (κ3) is 4.86. The molecule has 5 nitrogen and oxygen atoms in total. The zero-order valence-electron chi connectivity index (χ0n) is 19.4. The molecule has 2 N–H and O–H groups in total. The molecule has 178 valence electrons. The van der Waals surface area contributed by atoms with Gasteiger partial charge in [0.25, 0.3) is 0 Å². The van der Waals surface area contributed by atoms with Crippen LogP contribution < -0.4 is 16.1 Å². The normalized spacial score (nSPS) is 25.4. The van der Waals surface area contributed by atoms with Crippen molar-refractivity contribution in [3.8, 4) is 0 Å². The van der Waals surface area contributed by atoms with Crippen LogP contribution in [0.1, 0.15) is 36.8 Å². The average Bonchev–Trinajstić information content (AvgIpc) is 3.62. The van der Waals surface area contributed by atoms with E-state index in [1.165, 1.54) is 0 Å². The Balaban J connectivity index is 1.35. The maximum atomic E-state index is 13.6. The van der Waals surface area contributed by atoms with Crippen molar-refractivity contribution in [1.29, 1.82) is 0 Å². The Kier molecular flexibility index (Phi) is 6.67. The molecule has 3 saturated heterocycles. The van der Waals surface area contributed by atoms with Gasteiger partial charge in [0.2, 0.25) is 11.8 Å². The Morgan fingerprint density at radius 2 is 1.79 bits per heavy atom. The molecule has 1 saturated carbocycles. The maximum Gasteiger partial charge on any atom is 0.243 e. The number of halogens is 2. The smallest absolute Gasteiger partial charge is 0.243 e. The van der Waals surface area contributed by atoms with E-state index >= 15 is 0 Å². The van der Waals surface area contributed by atoms with Crippen molar-refractivity contribution in [2.45, 2.75) is 49.6 Å². The van der Waals surface area contributed by atoms with E-state index in [4.69, 9.17) is 23.2 Å². The predicted octanol–water partition coefficient (Wildman–Crippen LogP) is 2.22. The topological polar surface area (TPSA) is 61.4 Å². The van der Waals surface area contributed by atoms with E-state index in [0.717, 1.165) is 49.1 Å². The molecule has 8 heteroatoms. The zero-order chi connectivity index (χ0) is 23.9. The molecule has 3 aliphatic heterocycles. The minimum absolute atomic E-state index is 0.106. The van der Waals surface area contributed by atoms with Crippen LogP contribution in [0.15, 0.2) is 42.5 Å². The van der Waals surface area contributed by atoms with Gasteiger partial charge in [0.1, 0.15) is 13.9 Å². The summed E-state index contributed by atoms with van der Waals surface area (Å²) in [4.78, 5) is 29.5. The van der Waals surface area contributed by atoms with E-state index in [9.17, 15) is 9.59 Å². The van der Waals surface area contributed by atoms with E-state index in [0.29, 0.717) is 35.2 Å². The first kappa shape index (κ1) is 23.7. The minimum atomic E-state index is -0.691. The lowest BCUT2D eigenvalue weighted by Crippen LogP contribution is -2.60. The molecule has 2 amide bonds. The number of hydrogen-bond donors (Lipinski definition) is 2. The number of carbonyl (C=O) groups is 2. The van der Waals surface area contributed by atoms with Crippen LogP contribution in [0.2, 0.25) is 10.0 Å². The Morgan fingerprint density at radius 1 is 1.09 bits per heavy atom. The molecule has 2 bridgehead atoms. The first-order chi connectivity index (χ1) is 16.3. The lowest BCUT2D eigenvalue weighted by molar-refractivity contribution is -0.131. The van der Waals surface area contributed by atoms with Crippen molar-refractivity contribution < 1.29 is 9.59 Å². The fourth-order valence-corrected chi connectivity index (χ4v) is 6.09. The fraction of sp³-hybridized carbons (Fsp3) is 0.462. The standard InChI is InChI=1S/C26H30BCl2N3O2/c27-18-3-1-16(2-4-18)13-22(24(33)30-23-15-32-11-7-17(23)8-12-32)31-25(34)26(9-10-26)20-6-5-19(28)14-21(20)29/h1-6,14,17,22-23H,7-13,15,27H2,(H,30,33)(H,31,34)/t22-,23?/m1/s1. The lowest BCUT2D eigenvalue weighted by Gasteiger charge is -2.45. The summed E-state index contributed by atoms with van der Waals surface area (Å²) in [5, 5.41) is 7.41. The SMILES string of the molecule is Bc1ccc(C[C@@H](NC(=O)C2(c3ccc(Cl)cc3Cl)CC2)C(=O)NC2CN3CCC2CC3)cc1. The Labute approximate surface area is 212 Å². The van der Waals surface area contributed by atoms with E-state index in [1.807, 2.05) is 38.2 Å². The van der Waals surface area contributed by atoms with Crippen LogP contribution in [0.5, 0.6) is 0 Å². The molecule has 0 aromatic heterocycles. The summed E-state index contributed by atoms with van der Waals surface area (Å²) < 4.78 is 0. The van der Waals surface area contributed by atoms with Gasteiger partial charge < -0.3 is 15.5 Å². The van der Waals surface area contributed by atoms with Crippen molar-refractivity contribution in [3.05, 3.63) is 63.6 Å². The summed E-state index contributed by atoms with van der Waals surface area (Å²) in [5.41, 5.74) is 2.27. The number of benzene rings is 2. The largest absolute Gasteiger partial charge is 0.350 e. The van der Waals surface area contributed by atoms with Crippen LogP contribution >= 0.6 is 23.2 Å². The highest BCUT2D eigenvalue weighted by Gasteiger charge is 2.53. The maximum absolute atomic E-state index is 13.6. The lowest BCUT2D eigenvalue weighted by atomic mass is 9.84. The van der Waals surface area contributed by atoms with Crippen LogP contribution in [0.25, 0.3) is 0 Å². The van der Waals surface area contributed by atoms with Gasteiger partial charge in [-0.2, -0.15) is 0 Å². The van der Waals surface area contributed by atoms with Crippen LogP contribution in [0.4, 0.5) is 0 Å². The van der Waals surface area contributed by atoms with Crippen molar-refractivity contribution in [1.82, 2.24) is 15.5 Å². The van der Waals surface area contributed by atoms with Crippen LogP contribution in [0.3, 0.4) is 0 Å². The Hall–Kier alpha value is -2.02. The number of hydrogen-bond acceptors (Lipinski definition) is 3. The van der Waals surface area contributed by atoms with E-state index in [-0.39, 0.29) is 17.9 Å². The van der Waals surface area contributed by atoms with Crippen molar-refractivity contribution in [2.75, 3.05) is 19.6 Å². The highest BCUT2D eigenvalue weighted by Crippen LogP contribution is 2.51. The summed E-state index contributed by atoms with van der Waals surface area (Å²) in [6, 6.07) is 12.9. The molecule has 6 rings (SSSR count). The highest BCUT2D eigenvalue weighted by atomic mass is 35.5. The summed E-state index contributed by atoms with van der Waals surface area (Å²) in [5.74, 6) is 0.274. The first-order valence-corrected chi connectivity index (χ1v) is 12.9. The number of carbonyl (C=O) groups excluding carboxylic acids is 2. The van der Waals surface area contributed by atoms with Gasteiger partial charge in [-0.05, 0) is 68.0 Å². The van der Waals surface area contributed by atoms with Gasteiger partial charge >= 0.3 is 0 Å². The average molecular weight is 498 g/mol. The third-order valence-corrected chi connectivity index (χ3v) is 8.35. The molecule has 2 aromatic rings. The molecule has 4 aliphatic rings. The molecule has 2 aromatic carbocycles. The number of amides is 2. The second-order valence-electron chi connectivity index (χ2n) is 10.2. The monoisotopic (exact) mass is 497 g/mol. The predicted molar refractivity (Wildman–Crippen MR) is 139 cm³/mol. The van der Waals surface area contributed by atoms with E-state index in [2.05, 4.69) is 15.5 Å². The summed E-state index contributed by atoms with van der Waals surface area (Å²) in [6.45, 7) is 3.13. The van der Waals surface area contributed by atoms with Crippen LogP contribution in [-0.4, -0.2) is 56.3 Å². The van der Waals surface area contributed by atoms with Gasteiger partial charge in [0.05, 0.1) is 5.41 Å². The number of fused-ring (bicyclic) bond motifs is 3. The highest BCUT2D eigenvalue weighted by molar-refractivity contribution is 6.35. The number of nitrogens with one attached hydrogen (secondary N) is 2. The summed E-state index contributed by atoms with van der Waals surface area (Å²) >= 11 is 12.5. The van der Waals surface area contributed by atoms with Gasteiger partial charge in [0, 0.05) is 29.1 Å². The minimum Gasteiger partial charge on any atom is -0.350 e. The van der Waals surface area contributed by atoms with Crippen molar-refractivity contribution in [3.63, 3.8) is 0 Å². The number of nitrogens with zero attached hydrogens (tertiary/aromatic N) is 1. The second kappa shape index (κ2) is 9.56. The molecular formula is C26H30BCl2N3O2. The van der Waals surface area contributed by atoms with Crippen LogP contribution in [0, 0.1) is 5.92 Å². The number of piperidine rings is 3. The van der Waals surface area contributed by atoms with E-state index in [1.54, 1.807) is 12.1 Å². The molecular weight excluding hydrogens is 468 g/mol. The molecule has 4 fully saturated rings.